The molecule has 3 aliphatic heterocycles. The van der Waals surface area contributed by atoms with Crippen LogP contribution in [0.2, 0.25) is 0 Å². The molecule has 3 fully saturated rings. The molecule has 0 spiro atoms. The van der Waals surface area contributed by atoms with Gasteiger partial charge in [-0.2, -0.15) is 4.31 Å². The predicted molar refractivity (Wildman–Crippen MR) is 159 cm³/mol. The molecule has 10 nitrogen and oxygen atoms in total. The first-order chi connectivity index (χ1) is 19.3. The number of carbonyl (C=O) groups is 1. The van der Waals surface area contributed by atoms with E-state index in [-0.39, 0.29) is 11.9 Å². The van der Waals surface area contributed by atoms with Crippen LogP contribution in [-0.2, 0) is 10.0 Å². The van der Waals surface area contributed by atoms with Crippen LogP contribution in [0.25, 0.3) is 10.9 Å². The van der Waals surface area contributed by atoms with Gasteiger partial charge in [-0.25, -0.2) is 23.2 Å². The number of nitrogens with zero attached hydrogens (tertiary/aromatic N) is 6. The van der Waals surface area contributed by atoms with Crippen molar-refractivity contribution in [2.75, 3.05) is 73.7 Å². The largest absolute Gasteiger partial charge is 0.372 e. The summed E-state index contributed by atoms with van der Waals surface area (Å²) in [6.07, 6.45) is 7.08. The molecule has 212 valence electrons. The van der Waals surface area contributed by atoms with Crippen molar-refractivity contribution in [3.63, 3.8) is 0 Å². The Balaban J connectivity index is 1.06. The summed E-state index contributed by atoms with van der Waals surface area (Å²) in [7, 11) is -3.16. The Hall–Kier alpha value is -3.44. The van der Waals surface area contributed by atoms with Gasteiger partial charge in [0.25, 0.3) is 0 Å². The molecule has 40 heavy (non-hydrogen) atoms. The third-order valence-corrected chi connectivity index (χ3v) is 9.79. The number of aromatic nitrogens is 2. The molecule has 0 atom stereocenters. The van der Waals surface area contributed by atoms with Crippen molar-refractivity contribution in [1.29, 1.82) is 0 Å². The van der Waals surface area contributed by atoms with Gasteiger partial charge in [-0.05, 0) is 68.1 Å². The molecule has 11 heteroatoms. The molecule has 4 heterocycles. The third-order valence-electron chi connectivity index (χ3n) is 8.48. The lowest BCUT2D eigenvalue weighted by atomic mass is 9.91. The minimum atomic E-state index is -3.16. The summed E-state index contributed by atoms with van der Waals surface area (Å²) in [6.45, 7) is 5.85. The molecule has 3 aromatic rings. The normalized spacial score (nSPS) is 19.4. The number of anilines is 3. The maximum atomic E-state index is 13.0. The van der Waals surface area contributed by atoms with Crippen LogP contribution < -0.4 is 15.1 Å². The second-order valence-electron chi connectivity index (χ2n) is 11.0. The molecule has 0 bridgehead atoms. The topological polar surface area (TPSA) is 102 Å². The van der Waals surface area contributed by atoms with Crippen molar-refractivity contribution >= 4 is 44.0 Å². The van der Waals surface area contributed by atoms with Crippen molar-refractivity contribution < 1.29 is 13.2 Å². The maximum absolute atomic E-state index is 13.0. The van der Waals surface area contributed by atoms with Crippen molar-refractivity contribution in [3.8, 4) is 0 Å². The van der Waals surface area contributed by atoms with Gasteiger partial charge in [0.05, 0.1) is 17.5 Å². The van der Waals surface area contributed by atoms with Crippen LogP contribution in [-0.4, -0.2) is 92.2 Å². The van der Waals surface area contributed by atoms with Gasteiger partial charge in [0.2, 0.25) is 10.0 Å². The van der Waals surface area contributed by atoms with E-state index < -0.39 is 10.0 Å². The predicted octanol–water partition coefficient (Wildman–Crippen LogP) is 3.72. The molecule has 6 rings (SSSR count). The Morgan fingerprint density at radius 2 is 1.48 bits per heavy atom. The van der Waals surface area contributed by atoms with Crippen LogP contribution in [0.5, 0.6) is 0 Å². The Kier molecular flexibility index (Phi) is 7.50. The Morgan fingerprint density at radius 1 is 0.825 bits per heavy atom. The minimum absolute atomic E-state index is 0.0551. The fourth-order valence-corrected chi connectivity index (χ4v) is 6.98. The van der Waals surface area contributed by atoms with E-state index in [9.17, 15) is 13.2 Å². The monoisotopic (exact) mass is 563 g/mol. The summed E-state index contributed by atoms with van der Waals surface area (Å²) in [5.41, 5.74) is 5.02. The summed E-state index contributed by atoms with van der Waals surface area (Å²) >= 11 is 0. The van der Waals surface area contributed by atoms with Crippen molar-refractivity contribution in [3.05, 3.63) is 54.5 Å². The molecule has 2 aromatic carbocycles. The molecular weight excluding hydrogens is 526 g/mol. The van der Waals surface area contributed by atoms with Crippen LogP contribution in [0.3, 0.4) is 0 Å². The number of fused-ring (bicyclic) bond motifs is 1. The Labute approximate surface area is 236 Å². The summed E-state index contributed by atoms with van der Waals surface area (Å²) < 4.78 is 25.2. The number of benzene rings is 2. The SMILES string of the molecule is CS(=O)(=O)N1CCN(c2ccc3c(C4CCN(C(=O)Nc5ccc(N6CCCC6)cc5)CC4)ncnc3c2)CC1. The van der Waals surface area contributed by atoms with Crippen molar-refractivity contribution in [2.24, 2.45) is 0 Å². The number of sulfonamides is 1. The number of carbonyl (C=O) groups excluding carboxylic acids is 1. The number of amides is 2. The molecule has 1 aromatic heterocycles. The Morgan fingerprint density at radius 3 is 2.15 bits per heavy atom. The molecule has 0 unspecified atom stereocenters. The molecule has 1 N–H and O–H groups in total. The van der Waals surface area contributed by atoms with Gasteiger partial charge in [-0.3, -0.25) is 0 Å². The summed E-state index contributed by atoms with van der Waals surface area (Å²) in [4.78, 5) is 28.7. The number of piperidine rings is 1. The van der Waals surface area contributed by atoms with Crippen LogP contribution in [0.1, 0.15) is 37.3 Å². The van der Waals surface area contributed by atoms with E-state index >= 15 is 0 Å². The first-order valence-electron chi connectivity index (χ1n) is 14.2. The molecular formula is C29H37N7O3S. The van der Waals surface area contributed by atoms with Crippen molar-refractivity contribution in [1.82, 2.24) is 19.2 Å². The third kappa shape index (κ3) is 5.71. The molecule has 2 amide bonds. The number of hydrogen-bond acceptors (Lipinski definition) is 7. The van der Waals surface area contributed by atoms with Gasteiger partial charge in [0, 0.05) is 80.7 Å². The molecule has 0 saturated carbocycles. The first-order valence-corrected chi connectivity index (χ1v) is 16.1. The van der Waals surface area contributed by atoms with Crippen LogP contribution in [0.15, 0.2) is 48.8 Å². The van der Waals surface area contributed by atoms with Gasteiger partial charge < -0.3 is 20.0 Å². The fourth-order valence-electron chi connectivity index (χ4n) is 6.16. The van der Waals surface area contributed by atoms with Crippen molar-refractivity contribution in [2.45, 2.75) is 31.6 Å². The zero-order valence-electron chi connectivity index (χ0n) is 23.0. The van der Waals surface area contributed by atoms with E-state index in [0.717, 1.165) is 53.9 Å². The second kappa shape index (κ2) is 11.2. The smallest absolute Gasteiger partial charge is 0.321 e. The highest BCUT2D eigenvalue weighted by molar-refractivity contribution is 7.88. The number of hydrogen-bond donors (Lipinski definition) is 1. The van der Waals surface area contributed by atoms with Gasteiger partial charge in [-0.15, -0.1) is 0 Å². The lowest BCUT2D eigenvalue weighted by Crippen LogP contribution is -2.48. The molecule has 3 saturated heterocycles. The summed E-state index contributed by atoms with van der Waals surface area (Å²) in [6, 6.07) is 14.4. The molecule has 3 aliphatic rings. The standard InChI is InChI=1S/C29H37N7O3S/c1-40(38,39)36-18-16-34(17-19-36)25-8-9-26-27(20-25)30-21-31-28(26)22-10-14-35(15-11-22)29(37)32-23-4-6-24(7-5-23)33-12-2-3-13-33/h4-9,20-22H,2-3,10-19H2,1H3,(H,32,37). The number of likely N-dealkylation sites (tertiary alicyclic amines) is 1. The van der Waals surface area contributed by atoms with Crippen LogP contribution in [0, 0.1) is 0 Å². The van der Waals surface area contributed by atoms with E-state index in [1.807, 2.05) is 17.0 Å². The molecule has 0 aliphatic carbocycles. The number of rotatable bonds is 5. The lowest BCUT2D eigenvalue weighted by Gasteiger charge is -2.35. The number of piperazine rings is 1. The van der Waals surface area contributed by atoms with E-state index in [1.165, 1.54) is 29.1 Å². The van der Waals surface area contributed by atoms with Gasteiger partial charge in [0.15, 0.2) is 0 Å². The highest BCUT2D eigenvalue weighted by atomic mass is 32.2. The minimum Gasteiger partial charge on any atom is -0.372 e. The first kappa shape index (κ1) is 26.8. The highest BCUT2D eigenvalue weighted by Gasteiger charge is 2.27. The van der Waals surface area contributed by atoms with Crippen LogP contribution >= 0.6 is 0 Å². The van der Waals surface area contributed by atoms with E-state index in [1.54, 1.807) is 6.33 Å². The second-order valence-corrected chi connectivity index (χ2v) is 13.0. The molecule has 0 radical (unpaired) electrons. The summed E-state index contributed by atoms with van der Waals surface area (Å²) in [5, 5.41) is 4.11. The Bertz CT molecular complexity index is 1460. The maximum Gasteiger partial charge on any atom is 0.321 e. The zero-order valence-corrected chi connectivity index (χ0v) is 23.8. The quantitative estimate of drug-likeness (QED) is 0.505. The zero-order chi connectivity index (χ0) is 27.7. The number of nitrogens with one attached hydrogen (secondary N) is 1. The van der Waals surface area contributed by atoms with E-state index in [4.69, 9.17) is 0 Å². The van der Waals surface area contributed by atoms with Gasteiger partial charge >= 0.3 is 6.03 Å². The van der Waals surface area contributed by atoms with E-state index in [0.29, 0.717) is 39.3 Å². The average Bonchev–Trinajstić information content (AvgIpc) is 3.52. The van der Waals surface area contributed by atoms with Crippen LogP contribution in [0.4, 0.5) is 21.9 Å². The fraction of sp³-hybridized carbons (Fsp3) is 0.483. The average molecular weight is 564 g/mol. The number of urea groups is 1. The van der Waals surface area contributed by atoms with Gasteiger partial charge in [-0.1, -0.05) is 0 Å². The van der Waals surface area contributed by atoms with Gasteiger partial charge in [0.1, 0.15) is 6.33 Å². The lowest BCUT2D eigenvalue weighted by molar-refractivity contribution is 0.194. The highest BCUT2D eigenvalue weighted by Crippen LogP contribution is 2.33. The summed E-state index contributed by atoms with van der Waals surface area (Å²) in [5.74, 6) is 0.262. The van der Waals surface area contributed by atoms with E-state index in [2.05, 4.69) is 55.4 Å².